The lowest BCUT2D eigenvalue weighted by atomic mass is 9.89. The number of carbonyl (C=O) groups excluding carboxylic acids is 1. The van der Waals surface area contributed by atoms with Crippen molar-refractivity contribution in [2.24, 2.45) is 10.7 Å². The number of nitrogens with one attached hydrogen (secondary N) is 1. The Balaban J connectivity index is 0.00000243. The molecule has 1 atom stereocenters. The highest BCUT2D eigenvalue weighted by atomic mass is 35.5. The van der Waals surface area contributed by atoms with E-state index in [2.05, 4.69) is 15.3 Å². The van der Waals surface area contributed by atoms with Gasteiger partial charge in [0.2, 0.25) is 0 Å². The normalized spacial score (nSPS) is 19.3. The monoisotopic (exact) mass is 414 g/mol. The fourth-order valence-corrected chi connectivity index (χ4v) is 3.69. The summed E-state index contributed by atoms with van der Waals surface area (Å²) in [6.45, 7) is 1.84. The largest absolute Gasteiger partial charge is 0.379 e. The number of amides is 1. The van der Waals surface area contributed by atoms with E-state index in [1.54, 1.807) is 12.1 Å². The zero-order valence-corrected chi connectivity index (χ0v) is 16.2. The molecule has 0 spiro atoms. The number of pyridine rings is 1. The highest BCUT2D eigenvalue weighted by molar-refractivity contribution is 8.13. The number of nitrogens with two attached hydrogens (primary N) is 1. The molecule has 0 aliphatic carbocycles. The van der Waals surface area contributed by atoms with Crippen LogP contribution >= 0.6 is 35.8 Å². The van der Waals surface area contributed by atoms with Crippen LogP contribution in [0.5, 0.6) is 0 Å². The Labute approximate surface area is 166 Å². The van der Waals surface area contributed by atoms with Gasteiger partial charge in [-0.25, -0.2) is 9.37 Å². The maximum absolute atomic E-state index is 14.4. The topological polar surface area (TPSA) is 80.4 Å². The molecule has 2 heterocycles. The van der Waals surface area contributed by atoms with E-state index in [0.717, 1.165) is 5.75 Å². The molecule has 1 aliphatic rings. The van der Waals surface area contributed by atoms with E-state index in [-0.39, 0.29) is 23.9 Å². The number of carbonyl (C=O) groups is 1. The van der Waals surface area contributed by atoms with Crippen LogP contribution in [0.2, 0.25) is 5.02 Å². The number of amidine groups is 1. The smallest absolute Gasteiger partial charge is 0.274 e. The van der Waals surface area contributed by atoms with Gasteiger partial charge in [-0.05, 0) is 43.7 Å². The van der Waals surface area contributed by atoms with Crippen LogP contribution in [0.1, 0.15) is 29.4 Å². The molecule has 1 aliphatic heterocycles. The number of aromatic nitrogens is 1. The van der Waals surface area contributed by atoms with Crippen LogP contribution in [0.3, 0.4) is 0 Å². The van der Waals surface area contributed by atoms with Crippen molar-refractivity contribution in [1.29, 1.82) is 0 Å². The average molecular weight is 415 g/mol. The van der Waals surface area contributed by atoms with E-state index in [0.29, 0.717) is 27.9 Å². The minimum Gasteiger partial charge on any atom is -0.379 e. The lowest BCUT2D eigenvalue weighted by Crippen LogP contribution is -2.29. The molecule has 1 aromatic carbocycles. The molecule has 0 fully saturated rings. The molecule has 1 unspecified atom stereocenters. The van der Waals surface area contributed by atoms with Gasteiger partial charge in [-0.15, -0.1) is 12.4 Å². The van der Waals surface area contributed by atoms with Crippen molar-refractivity contribution in [1.82, 2.24) is 4.98 Å². The molecule has 9 heteroatoms. The molecule has 0 saturated heterocycles. The van der Waals surface area contributed by atoms with Crippen molar-refractivity contribution in [3.8, 4) is 0 Å². The fraction of sp³-hybridized carbons (Fsp3) is 0.235. The number of aliphatic imine (C=N–C) groups is 1. The van der Waals surface area contributed by atoms with E-state index in [4.69, 9.17) is 17.3 Å². The molecule has 138 valence electrons. The standard InChI is InChI=1S/C17H16ClFN4OS.ClH/c1-17(6-7-25-16(20)23-17)12-8-11(3-4-13(12)19)22-15(24)14-5-2-10(18)9-21-14;/h2-5,8-9H,6-7H2,1H3,(H2,20,23)(H,22,24);1H. The molecular formula is C17H17Cl2FN4OS. The first kappa shape index (κ1) is 20.5. The number of rotatable bonds is 3. The van der Waals surface area contributed by atoms with Gasteiger partial charge < -0.3 is 11.1 Å². The minimum absolute atomic E-state index is 0. The van der Waals surface area contributed by atoms with E-state index in [9.17, 15) is 9.18 Å². The van der Waals surface area contributed by atoms with E-state index >= 15 is 0 Å². The molecule has 26 heavy (non-hydrogen) atoms. The minimum atomic E-state index is -0.751. The summed E-state index contributed by atoms with van der Waals surface area (Å²) >= 11 is 7.22. The highest BCUT2D eigenvalue weighted by Gasteiger charge is 2.32. The van der Waals surface area contributed by atoms with Crippen LogP contribution in [0.15, 0.2) is 41.5 Å². The third-order valence-electron chi connectivity index (χ3n) is 3.96. The summed E-state index contributed by atoms with van der Waals surface area (Å²) < 4.78 is 14.4. The van der Waals surface area contributed by atoms with Crippen LogP contribution in [-0.2, 0) is 5.54 Å². The molecule has 0 radical (unpaired) electrons. The Morgan fingerprint density at radius 3 is 2.81 bits per heavy atom. The molecule has 3 rings (SSSR count). The number of anilines is 1. The van der Waals surface area contributed by atoms with Crippen molar-refractivity contribution in [3.05, 3.63) is 58.6 Å². The van der Waals surface area contributed by atoms with Crippen LogP contribution in [-0.4, -0.2) is 21.8 Å². The van der Waals surface area contributed by atoms with Gasteiger partial charge in [0.25, 0.3) is 5.91 Å². The number of nitrogens with zero attached hydrogens (tertiary/aromatic N) is 2. The quantitative estimate of drug-likeness (QED) is 0.787. The summed E-state index contributed by atoms with van der Waals surface area (Å²) in [5, 5.41) is 3.60. The predicted molar refractivity (Wildman–Crippen MR) is 107 cm³/mol. The summed E-state index contributed by atoms with van der Waals surface area (Å²) in [4.78, 5) is 20.6. The molecule has 0 saturated carbocycles. The van der Waals surface area contributed by atoms with E-state index in [1.165, 1.54) is 36.2 Å². The third-order valence-corrected chi connectivity index (χ3v) is 4.98. The second-order valence-electron chi connectivity index (χ2n) is 5.83. The number of hydrogen-bond donors (Lipinski definition) is 2. The Bertz CT molecular complexity index is 847. The number of thioether (sulfide) groups is 1. The molecule has 5 nitrogen and oxygen atoms in total. The maximum atomic E-state index is 14.4. The van der Waals surface area contributed by atoms with Gasteiger partial charge in [0.15, 0.2) is 5.17 Å². The molecular weight excluding hydrogens is 398 g/mol. The van der Waals surface area contributed by atoms with Crippen LogP contribution in [0, 0.1) is 5.82 Å². The molecule has 3 N–H and O–H groups in total. The third kappa shape index (κ3) is 4.47. The van der Waals surface area contributed by atoms with E-state index < -0.39 is 11.4 Å². The Kier molecular flexibility index (Phi) is 6.49. The summed E-state index contributed by atoms with van der Waals surface area (Å²) in [5.41, 5.74) is 6.14. The molecule has 1 amide bonds. The summed E-state index contributed by atoms with van der Waals surface area (Å²) in [5.74, 6) is -0.0218. The van der Waals surface area contributed by atoms with Crippen LogP contribution < -0.4 is 11.1 Å². The van der Waals surface area contributed by atoms with Gasteiger partial charge in [-0.2, -0.15) is 0 Å². The zero-order chi connectivity index (χ0) is 18.0. The predicted octanol–water partition coefficient (Wildman–Crippen LogP) is 4.22. The van der Waals surface area contributed by atoms with Gasteiger partial charge in [-0.1, -0.05) is 23.4 Å². The van der Waals surface area contributed by atoms with Gasteiger partial charge in [0.05, 0.1) is 10.6 Å². The first-order valence-corrected chi connectivity index (χ1v) is 8.95. The zero-order valence-electron chi connectivity index (χ0n) is 13.8. The first-order chi connectivity index (χ1) is 11.9. The van der Waals surface area contributed by atoms with Gasteiger partial charge in [0.1, 0.15) is 11.5 Å². The maximum Gasteiger partial charge on any atom is 0.274 e. The van der Waals surface area contributed by atoms with Crippen molar-refractivity contribution in [2.45, 2.75) is 18.9 Å². The second kappa shape index (κ2) is 8.24. The lowest BCUT2D eigenvalue weighted by molar-refractivity contribution is 0.102. The van der Waals surface area contributed by atoms with Gasteiger partial charge in [-0.3, -0.25) is 9.79 Å². The Hall–Kier alpha value is -1.83. The number of benzene rings is 1. The molecule has 1 aromatic heterocycles. The van der Waals surface area contributed by atoms with Crippen molar-refractivity contribution < 1.29 is 9.18 Å². The highest BCUT2D eigenvalue weighted by Crippen LogP contribution is 2.37. The Morgan fingerprint density at radius 2 is 2.15 bits per heavy atom. The van der Waals surface area contributed by atoms with Crippen molar-refractivity contribution in [2.75, 3.05) is 11.1 Å². The van der Waals surface area contributed by atoms with Crippen LogP contribution in [0.25, 0.3) is 0 Å². The van der Waals surface area contributed by atoms with Crippen molar-refractivity contribution >= 4 is 52.5 Å². The number of halogens is 3. The van der Waals surface area contributed by atoms with E-state index in [1.807, 2.05) is 6.92 Å². The van der Waals surface area contributed by atoms with Crippen LogP contribution in [0.4, 0.5) is 10.1 Å². The first-order valence-electron chi connectivity index (χ1n) is 7.58. The summed E-state index contributed by atoms with van der Waals surface area (Å²) in [6, 6.07) is 7.51. The summed E-state index contributed by atoms with van der Waals surface area (Å²) in [7, 11) is 0. The second-order valence-corrected chi connectivity index (χ2v) is 7.38. The lowest BCUT2D eigenvalue weighted by Gasteiger charge is -2.30. The SMILES string of the molecule is CC1(c2cc(NC(=O)c3ccc(Cl)cn3)ccc2F)CCSC(N)=N1.Cl. The summed E-state index contributed by atoms with van der Waals surface area (Å²) in [6.07, 6.45) is 2.05. The average Bonchev–Trinajstić information content (AvgIpc) is 2.57. The Morgan fingerprint density at radius 1 is 1.38 bits per heavy atom. The molecule has 2 aromatic rings. The number of hydrogen-bond acceptors (Lipinski definition) is 5. The van der Waals surface area contributed by atoms with Crippen molar-refractivity contribution in [3.63, 3.8) is 0 Å². The molecule has 0 bridgehead atoms. The van der Waals surface area contributed by atoms with Gasteiger partial charge >= 0.3 is 0 Å². The van der Waals surface area contributed by atoms with Gasteiger partial charge in [0, 0.05) is 23.2 Å². The fourth-order valence-electron chi connectivity index (χ4n) is 2.60.